The van der Waals surface area contributed by atoms with Crippen LogP contribution in [-0.4, -0.2) is 51.6 Å². The molecule has 0 radical (unpaired) electrons. The van der Waals surface area contributed by atoms with Gasteiger partial charge >= 0.3 is 6.01 Å². The standard InChI is InChI=1S/C27H23BrN4O4/c28-22-4-1-3-21(15-22)24-17-30-27(32(26(24)34)23-5-2-10-29-16-23)36-18-19-6-8-20(9-7-19)25(33)31-11-13-35-14-12-31/h1-10,15-17H,11-14,18H2. The SMILES string of the molecule is O=C(c1ccc(COc2ncc(-c3cccc(Br)c3)c(=O)n2-c2cccnc2)cc1)N1CCOCC1. The molecular formula is C27H23BrN4O4. The van der Waals surface area contributed by atoms with E-state index in [0.717, 1.165) is 15.6 Å². The number of carbonyl (C=O) groups is 1. The number of amides is 1. The zero-order valence-corrected chi connectivity index (χ0v) is 20.9. The number of halogens is 1. The van der Waals surface area contributed by atoms with Crippen molar-refractivity contribution in [3.63, 3.8) is 0 Å². The summed E-state index contributed by atoms with van der Waals surface area (Å²) >= 11 is 3.46. The van der Waals surface area contributed by atoms with Crippen molar-refractivity contribution >= 4 is 21.8 Å². The van der Waals surface area contributed by atoms with Crippen LogP contribution in [0.4, 0.5) is 0 Å². The summed E-state index contributed by atoms with van der Waals surface area (Å²) in [6.45, 7) is 2.48. The van der Waals surface area contributed by atoms with Gasteiger partial charge in [0.1, 0.15) is 6.61 Å². The van der Waals surface area contributed by atoms with E-state index in [1.807, 2.05) is 36.4 Å². The van der Waals surface area contributed by atoms with E-state index in [4.69, 9.17) is 9.47 Å². The Hall–Kier alpha value is -3.82. The molecule has 0 N–H and O–H groups in total. The average molecular weight is 547 g/mol. The minimum atomic E-state index is -0.266. The van der Waals surface area contributed by atoms with E-state index >= 15 is 0 Å². The maximum Gasteiger partial charge on any atom is 0.304 e. The van der Waals surface area contributed by atoms with Gasteiger partial charge in [-0.15, -0.1) is 0 Å². The molecule has 8 nitrogen and oxygen atoms in total. The molecule has 3 heterocycles. The number of carbonyl (C=O) groups excluding carboxylic acids is 1. The molecule has 0 bridgehead atoms. The molecule has 1 aliphatic rings. The van der Waals surface area contributed by atoms with Crippen molar-refractivity contribution in [3.05, 3.63) is 105 Å². The van der Waals surface area contributed by atoms with E-state index < -0.39 is 0 Å². The van der Waals surface area contributed by atoms with Gasteiger partial charge in [0.05, 0.1) is 30.7 Å². The summed E-state index contributed by atoms with van der Waals surface area (Å²) < 4.78 is 13.6. The van der Waals surface area contributed by atoms with Crippen molar-refractivity contribution < 1.29 is 14.3 Å². The van der Waals surface area contributed by atoms with Crippen molar-refractivity contribution in [2.45, 2.75) is 6.61 Å². The molecule has 1 aliphatic heterocycles. The molecule has 0 unspecified atom stereocenters. The van der Waals surface area contributed by atoms with Gasteiger partial charge in [-0.3, -0.25) is 14.6 Å². The summed E-state index contributed by atoms with van der Waals surface area (Å²) in [5.41, 5.74) is 2.93. The topological polar surface area (TPSA) is 86.5 Å². The minimum absolute atomic E-state index is 0.0130. The third-order valence-electron chi connectivity index (χ3n) is 5.84. The first-order valence-corrected chi connectivity index (χ1v) is 12.3. The summed E-state index contributed by atoms with van der Waals surface area (Å²) in [5, 5.41) is 0. The molecule has 36 heavy (non-hydrogen) atoms. The monoisotopic (exact) mass is 546 g/mol. The summed E-state index contributed by atoms with van der Waals surface area (Å²) in [6.07, 6.45) is 4.75. The van der Waals surface area contributed by atoms with Crippen molar-refractivity contribution in [2.75, 3.05) is 26.3 Å². The lowest BCUT2D eigenvalue weighted by Crippen LogP contribution is -2.40. The highest BCUT2D eigenvalue weighted by Gasteiger charge is 2.19. The number of pyridine rings is 1. The molecule has 0 saturated carbocycles. The van der Waals surface area contributed by atoms with Gasteiger partial charge in [0.25, 0.3) is 11.5 Å². The number of hydrogen-bond acceptors (Lipinski definition) is 6. The second-order valence-electron chi connectivity index (χ2n) is 8.21. The molecular weight excluding hydrogens is 524 g/mol. The summed E-state index contributed by atoms with van der Waals surface area (Å²) in [5.74, 6) is -0.0130. The number of nitrogens with zero attached hydrogens (tertiary/aromatic N) is 4. The van der Waals surface area contributed by atoms with E-state index in [2.05, 4.69) is 25.9 Å². The molecule has 1 saturated heterocycles. The first kappa shape index (κ1) is 23.9. The lowest BCUT2D eigenvalue weighted by Gasteiger charge is -2.26. The quantitative estimate of drug-likeness (QED) is 0.361. The maximum absolute atomic E-state index is 13.5. The summed E-state index contributed by atoms with van der Waals surface area (Å²) in [7, 11) is 0. The van der Waals surface area contributed by atoms with Crippen LogP contribution in [0.2, 0.25) is 0 Å². The predicted octanol–water partition coefficient (Wildman–Crippen LogP) is 4.11. The fourth-order valence-corrected chi connectivity index (χ4v) is 4.35. The van der Waals surface area contributed by atoms with Gasteiger partial charge in [0.15, 0.2) is 0 Å². The van der Waals surface area contributed by atoms with Crippen LogP contribution in [-0.2, 0) is 11.3 Å². The van der Waals surface area contributed by atoms with E-state index in [1.54, 1.807) is 41.6 Å². The lowest BCUT2D eigenvalue weighted by molar-refractivity contribution is 0.0303. The molecule has 2 aromatic carbocycles. The Morgan fingerprint density at radius 1 is 1.03 bits per heavy atom. The van der Waals surface area contributed by atoms with Gasteiger partial charge in [0.2, 0.25) is 0 Å². The smallest absolute Gasteiger partial charge is 0.304 e. The average Bonchev–Trinajstić information content (AvgIpc) is 2.93. The van der Waals surface area contributed by atoms with Crippen LogP contribution in [0.25, 0.3) is 16.8 Å². The van der Waals surface area contributed by atoms with E-state index in [-0.39, 0.29) is 24.1 Å². The van der Waals surface area contributed by atoms with Crippen LogP contribution in [0.15, 0.2) is 88.5 Å². The van der Waals surface area contributed by atoms with E-state index in [0.29, 0.717) is 43.1 Å². The number of benzene rings is 2. The fraction of sp³-hybridized carbons (Fsp3) is 0.185. The Labute approximate surface area is 216 Å². The highest BCUT2D eigenvalue weighted by atomic mass is 79.9. The fourth-order valence-electron chi connectivity index (χ4n) is 3.95. The van der Waals surface area contributed by atoms with Crippen molar-refractivity contribution in [1.82, 2.24) is 19.4 Å². The highest BCUT2D eigenvalue weighted by molar-refractivity contribution is 9.10. The Kier molecular flexibility index (Phi) is 7.20. The molecule has 9 heteroatoms. The van der Waals surface area contributed by atoms with Gasteiger partial charge < -0.3 is 14.4 Å². The third-order valence-corrected chi connectivity index (χ3v) is 6.33. The summed E-state index contributed by atoms with van der Waals surface area (Å²) in [4.78, 5) is 36.6. The van der Waals surface area contributed by atoms with Crippen molar-refractivity contribution in [3.8, 4) is 22.8 Å². The van der Waals surface area contributed by atoms with Crippen LogP contribution in [0.1, 0.15) is 15.9 Å². The Morgan fingerprint density at radius 2 is 1.83 bits per heavy atom. The number of rotatable bonds is 6. The zero-order valence-electron chi connectivity index (χ0n) is 19.3. The first-order chi connectivity index (χ1) is 17.6. The Bertz CT molecular complexity index is 1420. The Balaban J connectivity index is 1.40. The van der Waals surface area contributed by atoms with Crippen LogP contribution in [0.5, 0.6) is 6.01 Å². The zero-order chi connectivity index (χ0) is 24.9. The normalized spacial score (nSPS) is 13.4. The molecule has 5 rings (SSSR count). The van der Waals surface area contributed by atoms with Crippen LogP contribution < -0.4 is 10.3 Å². The van der Waals surface area contributed by atoms with Gasteiger partial charge in [0, 0.05) is 35.5 Å². The van der Waals surface area contributed by atoms with Crippen molar-refractivity contribution in [1.29, 1.82) is 0 Å². The first-order valence-electron chi connectivity index (χ1n) is 11.5. The molecule has 1 amide bonds. The molecule has 4 aromatic rings. The van der Waals surface area contributed by atoms with Crippen LogP contribution in [0, 0.1) is 0 Å². The molecule has 0 spiro atoms. The lowest BCUT2D eigenvalue weighted by atomic mass is 10.1. The molecule has 2 aromatic heterocycles. The third kappa shape index (κ3) is 5.22. The number of hydrogen-bond donors (Lipinski definition) is 0. The van der Waals surface area contributed by atoms with Gasteiger partial charge in [-0.2, -0.15) is 0 Å². The highest BCUT2D eigenvalue weighted by Crippen LogP contribution is 2.23. The molecule has 0 aliphatic carbocycles. The maximum atomic E-state index is 13.5. The number of ether oxygens (including phenoxy) is 2. The largest absolute Gasteiger partial charge is 0.459 e. The summed E-state index contributed by atoms with van der Waals surface area (Å²) in [6, 6.07) is 18.4. The minimum Gasteiger partial charge on any atom is -0.459 e. The second kappa shape index (κ2) is 10.8. The van der Waals surface area contributed by atoms with Crippen LogP contribution in [0.3, 0.4) is 0 Å². The number of aromatic nitrogens is 3. The second-order valence-corrected chi connectivity index (χ2v) is 9.12. The van der Waals surface area contributed by atoms with E-state index in [9.17, 15) is 9.59 Å². The van der Waals surface area contributed by atoms with E-state index in [1.165, 1.54) is 10.8 Å². The van der Waals surface area contributed by atoms with Crippen LogP contribution >= 0.6 is 15.9 Å². The molecule has 182 valence electrons. The van der Waals surface area contributed by atoms with Gasteiger partial charge in [-0.05, 0) is 47.5 Å². The van der Waals surface area contributed by atoms with Crippen molar-refractivity contribution in [2.24, 2.45) is 0 Å². The number of morpholine rings is 1. The molecule has 0 atom stereocenters. The molecule has 1 fully saturated rings. The Morgan fingerprint density at radius 3 is 2.56 bits per heavy atom. The van der Waals surface area contributed by atoms with Gasteiger partial charge in [-0.1, -0.05) is 40.2 Å². The van der Waals surface area contributed by atoms with Gasteiger partial charge in [-0.25, -0.2) is 9.55 Å². The predicted molar refractivity (Wildman–Crippen MR) is 138 cm³/mol.